The topological polar surface area (TPSA) is 206 Å². The summed E-state index contributed by atoms with van der Waals surface area (Å²) >= 11 is 0. The van der Waals surface area contributed by atoms with Gasteiger partial charge < -0.3 is 30.1 Å². The highest BCUT2D eigenvalue weighted by molar-refractivity contribution is 7.91. The van der Waals surface area contributed by atoms with Crippen LogP contribution in [0.15, 0.2) is 18.2 Å². The summed E-state index contributed by atoms with van der Waals surface area (Å²) in [6.45, 7) is 4.31. The molecule has 3 aliphatic carbocycles. The van der Waals surface area contributed by atoms with Gasteiger partial charge >= 0.3 is 6.09 Å². The Kier molecular flexibility index (Phi) is 12.0. The summed E-state index contributed by atoms with van der Waals surface area (Å²) in [6.07, 6.45) is 2.06. The highest BCUT2D eigenvalue weighted by atomic mass is 32.2. The number of sulfonamides is 1. The van der Waals surface area contributed by atoms with Crippen molar-refractivity contribution in [3.8, 4) is 11.6 Å². The molecular weight excluding hydrogens is 755 g/mol. The van der Waals surface area contributed by atoms with Crippen LogP contribution in [-0.4, -0.2) is 101 Å². The summed E-state index contributed by atoms with van der Waals surface area (Å²) in [6, 6.07) is 3.87. The quantitative estimate of drug-likeness (QED) is 0.148. The number of methoxy groups -OCH3 is 1. The molecule has 5 atom stereocenters. The fourth-order valence-corrected chi connectivity index (χ4v) is 9.00. The normalized spacial score (nSPS) is 25.2. The van der Waals surface area contributed by atoms with E-state index in [1.54, 1.807) is 18.2 Å². The molecule has 1 saturated heterocycles. The number of hydrogen-bond acceptors (Lipinski definition) is 10. The first kappa shape index (κ1) is 41.3. The molecule has 2 heterocycles. The molecule has 1 aromatic heterocycles. The number of aromatic nitrogens is 2. The number of halogens is 2. The molecule has 1 aliphatic heterocycles. The molecule has 15 nitrogen and oxygen atoms in total. The molecule has 0 spiro atoms. The lowest BCUT2D eigenvalue weighted by Crippen LogP contribution is -2.59. The number of amides is 4. The summed E-state index contributed by atoms with van der Waals surface area (Å²) in [5, 5.41) is 13.7. The summed E-state index contributed by atoms with van der Waals surface area (Å²) in [5.41, 5.74) is -0.578. The van der Waals surface area contributed by atoms with Crippen LogP contribution in [0.3, 0.4) is 0 Å². The van der Waals surface area contributed by atoms with Crippen LogP contribution in [0.4, 0.5) is 13.6 Å². The van der Waals surface area contributed by atoms with Crippen molar-refractivity contribution in [3.63, 3.8) is 0 Å². The van der Waals surface area contributed by atoms with Crippen LogP contribution in [0.2, 0.25) is 0 Å². The molecule has 308 valence electrons. The lowest BCUT2D eigenvalue weighted by molar-refractivity contribution is -0.140. The molecule has 0 unspecified atom stereocenters. The van der Waals surface area contributed by atoms with Gasteiger partial charge in [-0.1, -0.05) is 46.0 Å². The number of ether oxygens (including phenoxy) is 2. The van der Waals surface area contributed by atoms with E-state index >= 15 is 0 Å². The second kappa shape index (κ2) is 16.3. The lowest BCUT2D eigenvalue weighted by Gasteiger charge is -2.30. The first-order chi connectivity index (χ1) is 26.5. The van der Waals surface area contributed by atoms with Gasteiger partial charge in [0, 0.05) is 12.0 Å². The predicted octanol–water partition coefficient (Wildman–Crippen LogP) is 4.18. The van der Waals surface area contributed by atoms with Crippen LogP contribution in [-0.2, 0) is 30.8 Å². The van der Waals surface area contributed by atoms with Crippen LogP contribution in [0, 0.1) is 23.7 Å². The van der Waals surface area contributed by atoms with E-state index in [-0.39, 0.29) is 37.6 Å². The number of alkyl halides is 2. The standard InChI is InChI=1S/C38H52F2N6O9S/c1-21(2)16-24-29(55-34-27(9-7-5-6-8-22-10-11-22)42-26-13-12-23(54-4)17-28(26)43-34)20-46(30(47)19-41-36(50)51)31(24)33(48)44-38(18-25(38)32(39)40)35(49)45-56(52,53)37(3)14-15-37/h12-13,17,21-22,24-25,29,31-32,41H,5-11,14-16,18-20H2,1-4H3,(H,44,48)(H,45,49)(H,50,51)/t24-,25+,29+,31+,38-/m1/s1. The van der Waals surface area contributed by atoms with Crippen molar-refractivity contribution >= 4 is 44.9 Å². The van der Waals surface area contributed by atoms with Gasteiger partial charge in [-0.15, -0.1) is 0 Å². The van der Waals surface area contributed by atoms with E-state index in [1.165, 1.54) is 33.3 Å². The highest BCUT2D eigenvalue weighted by Gasteiger charge is 2.67. The molecule has 3 saturated carbocycles. The number of likely N-dealkylation sites (tertiary alicyclic amines) is 1. The number of unbranched alkanes of at least 4 members (excludes halogenated alkanes) is 2. The Labute approximate surface area is 325 Å². The lowest BCUT2D eigenvalue weighted by atomic mass is 9.88. The Morgan fingerprint density at radius 1 is 1.07 bits per heavy atom. The number of nitrogens with zero attached hydrogens (tertiary/aromatic N) is 3. The Bertz CT molecular complexity index is 1940. The smallest absolute Gasteiger partial charge is 0.405 e. The maximum Gasteiger partial charge on any atom is 0.405 e. The zero-order valence-corrected chi connectivity index (χ0v) is 33.0. The van der Waals surface area contributed by atoms with Crippen LogP contribution in [0.25, 0.3) is 11.0 Å². The molecule has 4 amide bonds. The van der Waals surface area contributed by atoms with Gasteiger partial charge in [-0.25, -0.2) is 32.0 Å². The van der Waals surface area contributed by atoms with Gasteiger partial charge in [-0.2, -0.15) is 0 Å². The molecule has 0 radical (unpaired) electrons. The third-order valence-corrected chi connectivity index (χ3v) is 13.8. The van der Waals surface area contributed by atoms with E-state index in [0.29, 0.717) is 28.9 Å². The predicted molar refractivity (Wildman–Crippen MR) is 200 cm³/mol. The zero-order valence-electron chi connectivity index (χ0n) is 32.2. The first-order valence-electron chi connectivity index (χ1n) is 19.4. The summed E-state index contributed by atoms with van der Waals surface area (Å²) < 4.78 is 67.2. The summed E-state index contributed by atoms with van der Waals surface area (Å²) in [4.78, 5) is 63.9. The third kappa shape index (κ3) is 9.10. The Balaban J connectivity index is 1.32. The number of carbonyl (C=O) groups excluding carboxylic acids is 3. The van der Waals surface area contributed by atoms with Crippen molar-refractivity contribution in [2.24, 2.45) is 23.7 Å². The van der Waals surface area contributed by atoms with Gasteiger partial charge in [0.25, 0.3) is 5.91 Å². The summed E-state index contributed by atoms with van der Waals surface area (Å²) in [5.74, 6) is -4.04. The van der Waals surface area contributed by atoms with E-state index in [1.807, 2.05) is 23.9 Å². The van der Waals surface area contributed by atoms with Gasteiger partial charge in [0.05, 0.1) is 35.4 Å². The Morgan fingerprint density at radius 3 is 2.41 bits per heavy atom. The van der Waals surface area contributed by atoms with E-state index in [4.69, 9.17) is 19.4 Å². The number of benzene rings is 1. The van der Waals surface area contributed by atoms with Crippen molar-refractivity contribution in [2.75, 3.05) is 20.2 Å². The van der Waals surface area contributed by atoms with Crippen LogP contribution in [0.5, 0.6) is 11.6 Å². The molecule has 56 heavy (non-hydrogen) atoms. The number of carboxylic acid groups (broad SMARTS) is 1. The molecule has 18 heteroatoms. The van der Waals surface area contributed by atoms with Crippen molar-refractivity contribution in [1.29, 1.82) is 0 Å². The minimum Gasteiger partial charge on any atom is -0.497 e. The second-order valence-electron chi connectivity index (χ2n) is 16.5. The van der Waals surface area contributed by atoms with E-state index in [9.17, 15) is 41.5 Å². The number of carbonyl (C=O) groups is 4. The second-order valence-corrected chi connectivity index (χ2v) is 18.7. The van der Waals surface area contributed by atoms with Crippen LogP contribution >= 0.6 is 0 Å². The Morgan fingerprint density at radius 2 is 1.80 bits per heavy atom. The molecule has 0 bridgehead atoms. The van der Waals surface area contributed by atoms with Crippen molar-refractivity contribution in [3.05, 3.63) is 23.9 Å². The highest BCUT2D eigenvalue weighted by Crippen LogP contribution is 2.50. The van der Waals surface area contributed by atoms with Gasteiger partial charge in [0.2, 0.25) is 34.1 Å². The van der Waals surface area contributed by atoms with E-state index in [2.05, 4.69) is 5.32 Å². The van der Waals surface area contributed by atoms with Crippen LogP contribution < -0.4 is 24.8 Å². The van der Waals surface area contributed by atoms with Gasteiger partial charge in [0.1, 0.15) is 35.7 Å². The fraction of sp³-hybridized carbons (Fsp3) is 0.684. The van der Waals surface area contributed by atoms with Crippen molar-refractivity contribution in [2.45, 2.75) is 120 Å². The first-order valence-corrected chi connectivity index (χ1v) is 20.9. The number of aryl methyl sites for hydroxylation is 1. The monoisotopic (exact) mass is 806 g/mol. The van der Waals surface area contributed by atoms with Crippen molar-refractivity contribution < 1.29 is 51.0 Å². The minimum atomic E-state index is -4.24. The van der Waals surface area contributed by atoms with Gasteiger partial charge in [0.15, 0.2) is 0 Å². The molecule has 2 aromatic rings. The molecular formula is C38H52F2N6O9S. The maximum absolute atomic E-state index is 14.4. The number of nitrogens with one attached hydrogen (secondary N) is 3. The molecule has 1 aromatic carbocycles. The molecule has 4 aliphatic rings. The average molecular weight is 807 g/mol. The van der Waals surface area contributed by atoms with E-state index < -0.39 is 87.5 Å². The molecule has 6 rings (SSSR count). The van der Waals surface area contributed by atoms with Gasteiger partial charge in [-0.05, 0) is 69.4 Å². The number of fused-ring (bicyclic) bond motifs is 1. The van der Waals surface area contributed by atoms with Gasteiger partial charge in [-0.3, -0.25) is 19.1 Å². The van der Waals surface area contributed by atoms with Crippen molar-refractivity contribution in [1.82, 2.24) is 30.2 Å². The molecule has 4 N–H and O–H groups in total. The molecule has 4 fully saturated rings. The number of hydrogen-bond donors (Lipinski definition) is 4. The SMILES string of the molecule is COc1ccc2nc(CCCCCC3CC3)c(O[C@H]3CN(C(=O)CNC(=O)O)[C@H](C(=O)N[C@]4(C(=O)NS(=O)(=O)C5(C)CC5)C[C@H]4C(F)F)[C@@H]3CC(C)C)nc2c1. The Hall–Kier alpha value is -4.35. The average Bonchev–Trinajstić information content (AvgIpc) is 4.06. The van der Waals surface area contributed by atoms with E-state index in [0.717, 1.165) is 30.1 Å². The maximum atomic E-state index is 14.4. The zero-order chi connectivity index (χ0) is 40.6. The number of rotatable bonds is 19. The third-order valence-electron chi connectivity index (χ3n) is 11.6. The summed E-state index contributed by atoms with van der Waals surface area (Å²) in [7, 11) is -2.72. The minimum absolute atomic E-state index is 0.0806. The fourth-order valence-electron chi connectivity index (χ4n) is 7.69. The van der Waals surface area contributed by atoms with Crippen LogP contribution in [0.1, 0.15) is 90.7 Å². The largest absolute Gasteiger partial charge is 0.497 e.